The number of ether oxygens (including phenoxy) is 2. The van der Waals surface area contributed by atoms with Crippen molar-refractivity contribution in [1.82, 2.24) is 0 Å². The molecule has 2 aliphatic heterocycles. The average Bonchev–Trinajstić information content (AvgIpc) is 3.52. The fourth-order valence-electron chi connectivity index (χ4n) is 3.86. The van der Waals surface area contributed by atoms with Crippen LogP contribution in [0.3, 0.4) is 0 Å². The summed E-state index contributed by atoms with van der Waals surface area (Å²) in [6.45, 7) is 3.59. The average molecular weight is 399 g/mol. The first-order chi connectivity index (χ1) is 13.3. The number of aliphatic carboxylic acids is 2. The van der Waals surface area contributed by atoms with E-state index in [0.29, 0.717) is 24.4 Å². The van der Waals surface area contributed by atoms with Gasteiger partial charge in [-0.1, -0.05) is 44.9 Å². The number of carbonyl (C=O) groups is 2. The lowest BCUT2D eigenvalue weighted by atomic mass is 9.87. The van der Waals surface area contributed by atoms with Crippen LogP contribution in [0.5, 0.6) is 0 Å². The Labute approximate surface area is 169 Å². The van der Waals surface area contributed by atoms with Gasteiger partial charge in [-0.2, -0.15) is 0 Å². The molecule has 0 aromatic rings. The van der Waals surface area contributed by atoms with Gasteiger partial charge in [0, 0.05) is 12.8 Å². The highest BCUT2D eigenvalue weighted by Crippen LogP contribution is 2.39. The summed E-state index contributed by atoms with van der Waals surface area (Å²) in [6.07, 6.45) is 14.1. The van der Waals surface area contributed by atoms with E-state index in [4.69, 9.17) is 19.7 Å². The summed E-state index contributed by atoms with van der Waals surface area (Å²) in [6, 6.07) is 0. The summed E-state index contributed by atoms with van der Waals surface area (Å²) >= 11 is 0. The fraction of sp³-hybridized carbons (Fsp3) is 0.909. The fourth-order valence-corrected chi connectivity index (χ4v) is 3.86. The van der Waals surface area contributed by atoms with E-state index in [0.717, 1.165) is 77.0 Å². The van der Waals surface area contributed by atoms with E-state index < -0.39 is 17.4 Å². The molecule has 2 aliphatic rings. The Bertz CT molecular complexity index is 503. The molecule has 0 saturated carbocycles. The van der Waals surface area contributed by atoms with Crippen molar-refractivity contribution in [3.8, 4) is 0 Å². The van der Waals surface area contributed by atoms with Crippen LogP contribution < -0.4 is 0 Å². The van der Waals surface area contributed by atoms with E-state index in [-0.39, 0.29) is 6.42 Å². The number of unbranched alkanes of at least 4 members (excludes halogenated alkanes) is 6. The molecule has 2 saturated heterocycles. The van der Waals surface area contributed by atoms with Crippen LogP contribution in [-0.4, -0.2) is 46.6 Å². The smallest absolute Gasteiger partial charge is 0.309 e. The molecule has 6 nitrogen and oxygen atoms in total. The van der Waals surface area contributed by atoms with Gasteiger partial charge in [0.2, 0.25) is 0 Å². The van der Waals surface area contributed by atoms with Gasteiger partial charge in [0.05, 0.1) is 29.8 Å². The molecule has 2 fully saturated rings. The van der Waals surface area contributed by atoms with Crippen molar-refractivity contribution in [2.45, 2.75) is 122 Å². The van der Waals surface area contributed by atoms with Gasteiger partial charge < -0.3 is 19.7 Å². The Balaban J connectivity index is 1.38. The molecule has 2 rings (SSSR count). The molecule has 28 heavy (non-hydrogen) atoms. The molecule has 162 valence electrons. The monoisotopic (exact) mass is 398 g/mol. The Morgan fingerprint density at radius 3 is 1.79 bits per heavy atom. The van der Waals surface area contributed by atoms with Crippen LogP contribution in [0.4, 0.5) is 0 Å². The Morgan fingerprint density at radius 2 is 1.25 bits per heavy atom. The number of carboxylic acids is 2. The van der Waals surface area contributed by atoms with E-state index in [2.05, 4.69) is 0 Å². The number of rotatable bonds is 17. The van der Waals surface area contributed by atoms with Crippen molar-refractivity contribution < 1.29 is 29.3 Å². The van der Waals surface area contributed by atoms with E-state index in [1.807, 2.05) is 0 Å². The van der Waals surface area contributed by atoms with E-state index in [1.54, 1.807) is 13.8 Å². The summed E-state index contributed by atoms with van der Waals surface area (Å²) in [5.41, 5.74) is -0.616. The molecule has 0 aromatic heterocycles. The number of hydrogen-bond acceptors (Lipinski definition) is 4. The first-order valence-corrected chi connectivity index (χ1v) is 11.1. The summed E-state index contributed by atoms with van der Waals surface area (Å²) in [5, 5.41) is 17.7. The standard InChI is InChI=1S/C22H38O6/c1-22(2,21(25)26)14-10-6-8-12-17-19(28-17)15-18-16(27-18)11-7-4-3-5-9-13-20(23)24/h16-19H,3-15H2,1-2H3,(H,23,24)(H,25,26). The minimum Gasteiger partial charge on any atom is -0.481 e. The van der Waals surface area contributed by atoms with E-state index in [1.165, 1.54) is 0 Å². The lowest BCUT2D eigenvalue weighted by Crippen LogP contribution is -2.23. The maximum Gasteiger partial charge on any atom is 0.309 e. The first-order valence-electron chi connectivity index (χ1n) is 11.1. The highest BCUT2D eigenvalue weighted by atomic mass is 16.6. The second-order valence-electron chi connectivity index (χ2n) is 9.15. The molecular weight excluding hydrogens is 360 g/mol. The van der Waals surface area contributed by atoms with Crippen molar-refractivity contribution in [1.29, 1.82) is 0 Å². The second-order valence-corrected chi connectivity index (χ2v) is 9.15. The van der Waals surface area contributed by atoms with Crippen molar-refractivity contribution in [2.75, 3.05) is 0 Å². The van der Waals surface area contributed by atoms with Crippen molar-refractivity contribution >= 4 is 11.9 Å². The zero-order chi connectivity index (χ0) is 20.6. The third-order valence-corrected chi connectivity index (χ3v) is 6.09. The molecule has 2 heterocycles. The molecule has 0 spiro atoms. The Hall–Kier alpha value is -1.14. The molecule has 4 atom stereocenters. The summed E-state index contributed by atoms with van der Waals surface area (Å²) in [4.78, 5) is 21.5. The van der Waals surface area contributed by atoms with E-state index >= 15 is 0 Å². The molecule has 4 unspecified atom stereocenters. The highest BCUT2D eigenvalue weighted by molar-refractivity contribution is 5.73. The topological polar surface area (TPSA) is 99.7 Å². The van der Waals surface area contributed by atoms with Crippen LogP contribution in [-0.2, 0) is 19.1 Å². The predicted octanol–water partition coefficient (Wildman–Crippen LogP) is 4.79. The predicted molar refractivity (Wildman–Crippen MR) is 106 cm³/mol. The summed E-state index contributed by atoms with van der Waals surface area (Å²) in [7, 11) is 0. The molecule has 0 aromatic carbocycles. The van der Waals surface area contributed by atoms with Crippen LogP contribution in [0, 0.1) is 5.41 Å². The third-order valence-electron chi connectivity index (χ3n) is 6.09. The van der Waals surface area contributed by atoms with Crippen molar-refractivity contribution in [3.05, 3.63) is 0 Å². The summed E-state index contributed by atoms with van der Waals surface area (Å²) < 4.78 is 11.5. The quantitative estimate of drug-likeness (QED) is 0.270. The van der Waals surface area contributed by atoms with Gasteiger partial charge in [0.25, 0.3) is 0 Å². The van der Waals surface area contributed by atoms with Crippen LogP contribution in [0.2, 0.25) is 0 Å². The van der Waals surface area contributed by atoms with Crippen molar-refractivity contribution in [2.24, 2.45) is 5.41 Å². The lowest BCUT2D eigenvalue weighted by Gasteiger charge is -2.18. The highest BCUT2D eigenvalue weighted by Gasteiger charge is 2.47. The number of hydrogen-bond donors (Lipinski definition) is 2. The third kappa shape index (κ3) is 8.91. The zero-order valence-electron chi connectivity index (χ0n) is 17.5. The minimum atomic E-state index is -0.713. The van der Waals surface area contributed by atoms with Crippen LogP contribution in [0.25, 0.3) is 0 Å². The van der Waals surface area contributed by atoms with E-state index in [9.17, 15) is 9.59 Å². The summed E-state index contributed by atoms with van der Waals surface area (Å²) in [5.74, 6) is -1.41. The minimum absolute atomic E-state index is 0.288. The lowest BCUT2D eigenvalue weighted by molar-refractivity contribution is -0.147. The van der Waals surface area contributed by atoms with Crippen LogP contribution >= 0.6 is 0 Å². The maximum absolute atomic E-state index is 11.1. The van der Waals surface area contributed by atoms with Gasteiger partial charge in [0.15, 0.2) is 0 Å². The normalized spacial score (nSPS) is 26.2. The molecule has 0 radical (unpaired) electrons. The largest absolute Gasteiger partial charge is 0.481 e. The molecule has 0 aliphatic carbocycles. The van der Waals surface area contributed by atoms with Gasteiger partial charge in [0.1, 0.15) is 0 Å². The van der Waals surface area contributed by atoms with Gasteiger partial charge in [-0.05, 0) is 39.5 Å². The molecular formula is C22H38O6. The second kappa shape index (κ2) is 11.1. The van der Waals surface area contributed by atoms with Gasteiger partial charge >= 0.3 is 11.9 Å². The SMILES string of the molecule is CC(C)(CCCCCC1OC1CC1OC1CCCCCCCC(=O)O)C(=O)O. The van der Waals surface area contributed by atoms with Crippen LogP contribution in [0.15, 0.2) is 0 Å². The molecule has 0 amide bonds. The van der Waals surface area contributed by atoms with Crippen molar-refractivity contribution in [3.63, 3.8) is 0 Å². The molecule has 6 heteroatoms. The molecule has 2 N–H and O–H groups in total. The Morgan fingerprint density at radius 1 is 0.750 bits per heavy atom. The van der Waals surface area contributed by atoms with Gasteiger partial charge in [-0.3, -0.25) is 9.59 Å². The first kappa shape index (κ1) is 23.1. The van der Waals surface area contributed by atoms with Gasteiger partial charge in [-0.25, -0.2) is 0 Å². The zero-order valence-corrected chi connectivity index (χ0v) is 17.5. The maximum atomic E-state index is 11.1. The Kier molecular flexibility index (Phi) is 9.22. The number of carboxylic acid groups (broad SMARTS) is 2. The molecule has 0 bridgehead atoms. The number of epoxide rings is 2. The van der Waals surface area contributed by atoms with Crippen LogP contribution in [0.1, 0.15) is 97.3 Å². The van der Waals surface area contributed by atoms with Gasteiger partial charge in [-0.15, -0.1) is 0 Å².